The van der Waals surface area contributed by atoms with E-state index in [4.69, 9.17) is 10.6 Å². The Morgan fingerprint density at radius 2 is 1.80 bits per heavy atom. The third kappa shape index (κ3) is 1.19. The summed E-state index contributed by atoms with van der Waals surface area (Å²) < 4.78 is 4.93. The highest BCUT2D eigenvalue weighted by atomic mass is 16.6. The Labute approximate surface area is 59.3 Å². The summed E-state index contributed by atoms with van der Waals surface area (Å²) in [6, 6.07) is 7.19. The van der Waals surface area contributed by atoms with E-state index in [1.165, 1.54) is 0 Å². The highest BCUT2D eigenvalue weighted by Gasteiger charge is 1.98. The minimum Gasteiger partial charge on any atom is -0.493 e. The molecule has 0 saturated carbocycles. The summed E-state index contributed by atoms with van der Waals surface area (Å²) in [5.74, 6) is 6.14. The van der Waals surface area contributed by atoms with Gasteiger partial charge in [0.05, 0.1) is 7.11 Å². The molecule has 0 bridgehead atoms. The summed E-state index contributed by atoms with van der Waals surface area (Å²) in [6.45, 7) is 0. The van der Waals surface area contributed by atoms with Crippen molar-refractivity contribution >= 4 is 0 Å². The molecule has 10 heavy (non-hydrogen) atoms. The molecular formula is C7H9NO2. The normalized spacial score (nSPS) is 9.00. The Balaban J connectivity index is 2.96. The topological polar surface area (TPSA) is 44.5 Å². The minimum absolute atomic E-state index is 0.546. The molecule has 1 aromatic carbocycles. The van der Waals surface area contributed by atoms with Gasteiger partial charge in [0.15, 0.2) is 11.5 Å². The van der Waals surface area contributed by atoms with Crippen LogP contribution in [0.4, 0.5) is 0 Å². The van der Waals surface area contributed by atoms with Crippen LogP contribution in [0.25, 0.3) is 0 Å². The molecule has 0 fully saturated rings. The fraction of sp³-hybridized carbons (Fsp3) is 0.143. The maximum absolute atomic E-state index is 4.95. The molecule has 0 saturated heterocycles. The number of hydrogen-bond acceptors (Lipinski definition) is 3. The predicted octanol–water partition coefficient (Wildman–Crippen LogP) is 0.948. The van der Waals surface area contributed by atoms with Crippen LogP contribution in [0.3, 0.4) is 0 Å². The molecular weight excluding hydrogens is 130 g/mol. The minimum atomic E-state index is 0.546. The molecule has 0 aliphatic heterocycles. The van der Waals surface area contributed by atoms with E-state index in [1.54, 1.807) is 19.2 Å². The Morgan fingerprint density at radius 3 is 2.20 bits per heavy atom. The highest BCUT2D eigenvalue weighted by Crippen LogP contribution is 2.23. The Kier molecular flexibility index (Phi) is 2.12. The number of methoxy groups -OCH3 is 1. The molecule has 0 unspecified atom stereocenters. The van der Waals surface area contributed by atoms with Gasteiger partial charge in [-0.05, 0) is 12.1 Å². The second-order valence-electron chi connectivity index (χ2n) is 1.77. The SMILES string of the molecule is COc1ccccc1ON. The molecule has 0 radical (unpaired) electrons. The van der Waals surface area contributed by atoms with Gasteiger partial charge in [-0.15, -0.1) is 0 Å². The summed E-state index contributed by atoms with van der Waals surface area (Å²) in [4.78, 5) is 4.51. The maximum Gasteiger partial charge on any atom is 0.188 e. The number of para-hydroxylation sites is 2. The molecule has 3 nitrogen and oxygen atoms in total. The fourth-order valence-electron chi connectivity index (χ4n) is 0.716. The van der Waals surface area contributed by atoms with Crippen molar-refractivity contribution < 1.29 is 9.57 Å². The first-order chi connectivity index (χ1) is 4.88. The van der Waals surface area contributed by atoms with Gasteiger partial charge in [0.2, 0.25) is 0 Å². The molecule has 0 heterocycles. The van der Waals surface area contributed by atoms with Gasteiger partial charge in [-0.2, -0.15) is 5.90 Å². The molecule has 1 rings (SSSR count). The average molecular weight is 139 g/mol. The summed E-state index contributed by atoms with van der Waals surface area (Å²) in [5, 5.41) is 0. The predicted molar refractivity (Wildman–Crippen MR) is 37.8 cm³/mol. The van der Waals surface area contributed by atoms with Crippen molar-refractivity contribution in [2.24, 2.45) is 5.90 Å². The molecule has 0 aromatic heterocycles. The van der Waals surface area contributed by atoms with Gasteiger partial charge in [0.25, 0.3) is 0 Å². The lowest BCUT2D eigenvalue weighted by Gasteiger charge is -2.03. The van der Waals surface area contributed by atoms with Gasteiger partial charge in [0.1, 0.15) is 0 Å². The van der Waals surface area contributed by atoms with Crippen molar-refractivity contribution in [3.63, 3.8) is 0 Å². The van der Waals surface area contributed by atoms with E-state index in [0.717, 1.165) is 0 Å². The Bertz CT molecular complexity index is 190. The number of ether oxygens (including phenoxy) is 1. The van der Waals surface area contributed by atoms with E-state index < -0.39 is 0 Å². The number of rotatable bonds is 2. The van der Waals surface area contributed by atoms with Crippen LogP contribution in [0.5, 0.6) is 11.5 Å². The number of nitrogens with two attached hydrogens (primary N) is 1. The van der Waals surface area contributed by atoms with Crippen LogP contribution >= 0.6 is 0 Å². The van der Waals surface area contributed by atoms with E-state index in [-0.39, 0.29) is 0 Å². The lowest BCUT2D eigenvalue weighted by molar-refractivity contribution is 0.306. The van der Waals surface area contributed by atoms with Crippen LogP contribution < -0.4 is 15.5 Å². The average Bonchev–Trinajstić information content (AvgIpc) is 2.04. The second-order valence-corrected chi connectivity index (χ2v) is 1.77. The summed E-state index contributed by atoms with van der Waals surface area (Å²) in [6.07, 6.45) is 0. The highest BCUT2D eigenvalue weighted by molar-refractivity contribution is 5.38. The standard InChI is InChI=1S/C7H9NO2/c1-9-6-4-2-3-5-7(6)10-8/h2-5H,8H2,1H3. The molecule has 3 heteroatoms. The first kappa shape index (κ1) is 6.89. The smallest absolute Gasteiger partial charge is 0.188 e. The van der Waals surface area contributed by atoms with Crippen LogP contribution in [0.15, 0.2) is 24.3 Å². The first-order valence-electron chi connectivity index (χ1n) is 2.88. The number of hydrogen-bond donors (Lipinski definition) is 1. The maximum atomic E-state index is 4.95. The van der Waals surface area contributed by atoms with Crippen molar-refractivity contribution in [3.05, 3.63) is 24.3 Å². The molecule has 0 spiro atoms. The summed E-state index contributed by atoms with van der Waals surface area (Å²) in [7, 11) is 1.57. The van der Waals surface area contributed by atoms with Crippen LogP contribution in [0, 0.1) is 0 Å². The molecule has 0 aliphatic rings. The molecule has 54 valence electrons. The van der Waals surface area contributed by atoms with Gasteiger partial charge in [-0.3, -0.25) is 0 Å². The Hall–Kier alpha value is -1.22. The van der Waals surface area contributed by atoms with Crippen molar-refractivity contribution in [2.75, 3.05) is 7.11 Å². The van der Waals surface area contributed by atoms with Crippen molar-refractivity contribution in [1.82, 2.24) is 0 Å². The van der Waals surface area contributed by atoms with Crippen LogP contribution in [0.1, 0.15) is 0 Å². The second kappa shape index (κ2) is 3.08. The van der Waals surface area contributed by atoms with Gasteiger partial charge < -0.3 is 9.57 Å². The first-order valence-corrected chi connectivity index (χ1v) is 2.88. The molecule has 1 aromatic rings. The zero-order chi connectivity index (χ0) is 7.40. The zero-order valence-electron chi connectivity index (χ0n) is 5.70. The monoisotopic (exact) mass is 139 g/mol. The Morgan fingerprint density at radius 1 is 1.20 bits per heavy atom. The molecule has 0 aliphatic carbocycles. The van der Waals surface area contributed by atoms with Gasteiger partial charge in [-0.25, -0.2) is 0 Å². The van der Waals surface area contributed by atoms with E-state index in [0.29, 0.717) is 11.5 Å². The zero-order valence-corrected chi connectivity index (χ0v) is 5.70. The van der Waals surface area contributed by atoms with E-state index in [9.17, 15) is 0 Å². The molecule has 0 atom stereocenters. The third-order valence-corrected chi connectivity index (χ3v) is 1.20. The van der Waals surface area contributed by atoms with Crippen molar-refractivity contribution in [2.45, 2.75) is 0 Å². The van der Waals surface area contributed by atoms with E-state index in [2.05, 4.69) is 4.84 Å². The molecule has 2 N–H and O–H groups in total. The largest absolute Gasteiger partial charge is 0.493 e. The van der Waals surface area contributed by atoms with Gasteiger partial charge in [0, 0.05) is 0 Å². The van der Waals surface area contributed by atoms with Crippen LogP contribution in [0.2, 0.25) is 0 Å². The molecule has 0 amide bonds. The van der Waals surface area contributed by atoms with Gasteiger partial charge >= 0.3 is 0 Å². The van der Waals surface area contributed by atoms with Crippen molar-refractivity contribution in [3.8, 4) is 11.5 Å². The third-order valence-electron chi connectivity index (χ3n) is 1.20. The number of benzene rings is 1. The quantitative estimate of drug-likeness (QED) is 0.620. The lowest BCUT2D eigenvalue weighted by atomic mass is 10.3. The summed E-state index contributed by atoms with van der Waals surface area (Å²) in [5.41, 5.74) is 0. The van der Waals surface area contributed by atoms with Crippen molar-refractivity contribution in [1.29, 1.82) is 0 Å². The van der Waals surface area contributed by atoms with Gasteiger partial charge in [-0.1, -0.05) is 12.1 Å². The van der Waals surface area contributed by atoms with E-state index >= 15 is 0 Å². The van der Waals surface area contributed by atoms with Crippen LogP contribution in [-0.2, 0) is 0 Å². The summed E-state index contributed by atoms with van der Waals surface area (Å²) >= 11 is 0. The van der Waals surface area contributed by atoms with E-state index in [1.807, 2.05) is 12.1 Å². The van der Waals surface area contributed by atoms with Crippen LogP contribution in [-0.4, -0.2) is 7.11 Å². The fourth-order valence-corrected chi connectivity index (χ4v) is 0.716. The lowest BCUT2D eigenvalue weighted by Crippen LogP contribution is -2.02.